The average molecular weight is 326 g/mol. The van der Waals surface area contributed by atoms with Crippen LogP contribution in [0.25, 0.3) is 6.08 Å². The van der Waals surface area contributed by atoms with Crippen LogP contribution in [-0.2, 0) is 4.74 Å². The minimum Gasteiger partial charge on any atom is -0.444 e. The molecule has 0 aliphatic carbocycles. The SMILES string of the molecule is Cc1cc(C=CCNC(=O)OC(C)(C)C)ccc1Br. The van der Waals surface area contributed by atoms with Crippen molar-refractivity contribution in [2.45, 2.75) is 33.3 Å². The number of nitrogens with one attached hydrogen (secondary N) is 1. The standard InChI is InChI=1S/C15H20BrNO2/c1-11-10-12(7-8-13(11)16)6-5-9-17-14(18)19-15(2,3)4/h5-8,10H,9H2,1-4H3,(H,17,18). The fourth-order valence-electron chi connectivity index (χ4n) is 1.42. The molecule has 19 heavy (non-hydrogen) atoms. The van der Waals surface area contributed by atoms with Crippen molar-refractivity contribution in [3.05, 3.63) is 39.9 Å². The van der Waals surface area contributed by atoms with Gasteiger partial charge in [0, 0.05) is 11.0 Å². The number of carbonyl (C=O) groups excluding carboxylic acids is 1. The summed E-state index contributed by atoms with van der Waals surface area (Å²) in [5.74, 6) is 0. The maximum Gasteiger partial charge on any atom is 0.407 e. The van der Waals surface area contributed by atoms with Gasteiger partial charge in [-0.15, -0.1) is 0 Å². The molecule has 0 spiro atoms. The number of hydrogen-bond donors (Lipinski definition) is 1. The molecule has 1 rings (SSSR count). The predicted octanol–water partition coefficient (Wildman–Crippen LogP) is 4.30. The van der Waals surface area contributed by atoms with Crippen LogP contribution in [-0.4, -0.2) is 18.2 Å². The van der Waals surface area contributed by atoms with E-state index >= 15 is 0 Å². The third-order valence-electron chi connectivity index (χ3n) is 2.26. The van der Waals surface area contributed by atoms with Crippen molar-refractivity contribution >= 4 is 28.1 Å². The van der Waals surface area contributed by atoms with Gasteiger partial charge in [0.2, 0.25) is 0 Å². The van der Waals surface area contributed by atoms with Crippen molar-refractivity contribution in [2.24, 2.45) is 0 Å². The van der Waals surface area contributed by atoms with Crippen molar-refractivity contribution in [3.63, 3.8) is 0 Å². The maximum atomic E-state index is 11.4. The Balaban J connectivity index is 2.42. The molecule has 0 saturated heterocycles. The van der Waals surface area contributed by atoms with Gasteiger partial charge in [-0.25, -0.2) is 4.79 Å². The molecular weight excluding hydrogens is 306 g/mol. The fraction of sp³-hybridized carbons (Fsp3) is 0.400. The first kappa shape index (κ1) is 15.8. The zero-order chi connectivity index (χ0) is 14.5. The van der Waals surface area contributed by atoms with Crippen LogP contribution in [0.5, 0.6) is 0 Å². The van der Waals surface area contributed by atoms with Crippen LogP contribution in [0.4, 0.5) is 4.79 Å². The molecule has 0 aliphatic rings. The van der Waals surface area contributed by atoms with Gasteiger partial charge in [0.05, 0.1) is 0 Å². The van der Waals surface area contributed by atoms with E-state index in [1.165, 1.54) is 5.56 Å². The van der Waals surface area contributed by atoms with Gasteiger partial charge in [-0.3, -0.25) is 0 Å². The number of rotatable bonds is 3. The lowest BCUT2D eigenvalue weighted by Gasteiger charge is -2.19. The highest BCUT2D eigenvalue weighted by Gasteiger charge is 2.14. The summed E-state index contributed by atoms with van der Waals surface area (Å²) in [7, 11) is 0. The number of benzene rings is 1. The van der Waals surface area contributed by atoms with E-state index < -0.39 is 11.7 Å². The minimum atomic E-state index is -0.462. The molecule has 0 aromatic heterocycles. The largest absolute Gasteiger partial charge is 0.444 e. The molecule has 0 fully saturated rings. The topological polar surface area (TPSA) is 38.3 Å². The second-order valence-electron chi connectivity index (χ2n) is 5.29. The molecule has 1 amide bonds. The molecule has 4 heteroatoms. The Kier molecular flexibility index (Phi) is 5.60. The van der Waals surface area contributed by atoms with Crippen LogP contribution < -0.4 is 5.32 Å². The maximum absolute atomic E-state index is 11.4. The van der Waals surface area contributed by atoms with Crippen molar-refractivity contribution in [1.29, 1.82) is 0 Å². The van der Waals surface area contributed by atoms with Gasteiger partial charge < -0.3 is 10.1 Å². The van der Waals surface area contributed by atoms with Gasteiger partial charge in [0.15, 0.2) is 0 Å². The zero-order valence-corrected chi connectivity index (χ0v) is 13.4. The lowest BCUT2D eigenvalue weighted by molar-refractivity contribution is 0.0534. The van der Waals surface area contributed by atoms with Gasteiger partial charge in [-0.1, -0.05) is 40.2 Å². The highest BCUT2D eigenvalue weighted by Crippen LogP contribution is 2.17. The molecule has 1 N–H and O–H groups in total. The van der Waals surface area contributed by atoms with E-state index in [0.717, 1.165) is 10.0 Å². The zero-order valence-electron chi connectivity index (χ0n) is 11.8. The fourth-order valence-corrected chi connectivity index (χ4v) is 1.67. The molecule has 0 radical (unpaired) electrons. The second kappa shape index (κ2) is 6.75. The van der Waals surface area contributed by atoms with Crippen molar-refractivity contribution < 1.29 is 9.53 Å². The van der Waals surface area contributed by atoms with Crippen LogP contribution in [0, 0.1) is 6.92 Å². The Hall–Kier alpha value is -1.29. The van der Waals surface area contributed by atoms with E-state index in [-0.39, 0.29) is 0 Å². The number of carbonyl (C=O) groups is 1. The van der Waals surface area contributed by atoms with Crippen LogP contribution in [0.15, 0.2) is 28.7 Å². The predicted molar refractivity (Wildman–Crippen MR) is 82.1 cm³/mol. The lowest BCUT2D eigenvalue weighted by Crippen LogP contribution is -2.32. The molecule has 3 nitrogen and oxygen atoms in total. The van der Waals surface area contributed by atoms with Gasteiger partial charge in [0.25, 0.3) is 0 Å². The van der Waals surface area contributed by atoms with Gasteiger partial charge in [-0.05, 0) is 44.9 Å². The Morgan fingerprint density at radius 3 is 2.68 bits per heavy atom. The van der Waals surface area contributed by atoms with Crippen LogP contribution in [0.1, 0.15) is 31.9 Å². The molecule has 0 bridgehead atoms. The molecule has 0 atom stereocenters. The normalized spacial score (nSPS) is 11.6. The van der Waals surface area contributed by atoms with E-state index in [1.54, 1.807) is 0 Å². The second-order valence-corrected chi connectivity index (χ2v) is 6.15. The summed E-state index contributed by atoms with van der Waals surface area (Å²) in [5, 5.41) is 2.68. The first-order valence-electron chi connectivity index (χ1n) is 6.17. The molecule has 0 saturated carbocycles. The summed E-state index contributed by atoms with van der Waals surface area (Å²) in [6.45, 7) is 8.01. The number of alkyl carbamates (subject to hydrolysis) is 1. The number of hydrogen-bond acceptors (Lipinski definition) is 2. The summed E-state index contributed by atoms with van der Waals surface area (Å²) < 4.78 is 6.23. The molecular formula is C15H20BrNO2. The number of ether oxygens (including phenoxy) is 1. The first-order chi connectivity index (χ1) is 8.78. The quantitative estimate of drug-likeness (QED) is 0.899. The minimum absolute atomic E-state index is 0.399. The molecule has 0 unspecified atom stereocenters. The highest BCUT2D eigenvalue weighted by molar-refractivity contribution is 9.10. The highest BCUT2D eigenvalue weighted by atomic mass is 79.9. The third-order valence-corrected chi connectivity index (χ3v) is 3.15. The summed E-state index contributed by atoms with van der Waals surface area (Å²) in [6.07, 6.45) is 3.47. The molecule has 1 aromatic rings. The number of amides is 1. The van der Waals surface area contributed by atoms with E-state index in [9.17, 15) is 4.79 Å². The Morgan fingerprint density at radius 1 is 1.42 bits per heavy atom. The third kappa shape index (κ3) is 6.43. The smallest absolute Gasteiger partial charge is 0.407 e. The first-order valence-corrected chi connectivity index (χ1v) is 6.97. The Morgan fingerprint density at radius 2 is 2.11 bits per heavy atom. The summed E-state index contributed by atoms with van der Waals surface area (Å²) >= 11 is 3.46. The van der Waals surface area contributed by atoms with Crippen LogP contribution in [0.3, 0.4) is 0 Å². The van der Waals surface area contributed by atoms with E-state index in [1.807, 2.05) is 52.0 Å². The Bertz CT molecular complexity index is 476. The summed E-state index contributed by atoms with van der Waals surface area (Å²) in [4.78, 5) is 11.4. The average Bonchev–Trinajstić information content (AvgIpc) is 2.27. The van der Waals surface area contributed by atoms with Crippen molar-refractivity contribution in [1.82, 2.24) is 5.32 Å². The van der Waals surface area contributed by atoms with Crippen LogP contribution in [0.2, 0.25) is 0 Å². The molecule has 1 aromatic carbocycles. The molecule has 0 aliphatic heterocycles. The number of halogens is 1. The van der Waals surface area contributed by atoms with Gasteiger partial charge >= 0.3 is 6.09 Å². The van der Waals surface area contributed by atoms with Crippen LogP contribution >= 0.6 is 15.9 Å². The summed E-state index contributed by atoms with van der Waals surface area (Å²) in [5.41, 5.74) is 1.82. The van der Waals surface area contributed by atoms with Crippen molar-refractivity contribution in [2.75, 3.05) is 6.54 Å². The van der Waals surface area contributed by atoms with Gasteiger partial charge in [-0.2, -0.15) is 0 Å². The van der Waals surface area contributed by atoms with E-state index in [4.69, 9.17) is 4.74 Å². The van der Waals surface area contributed by atoms with E-state index in [0.29, 0.717) is 6.54 Å². The van der Waals surface area contributed by atoms with Crippen molar-refractivity contribution in [3.8, 4) is 0 Å². The molecule has 104 valence electrons. The summed E-state index contributed by atoms with van der Waals surface area (Å²) in [6, 6.07) is 6.10. The lowest BCUT2D eigenvalue weighted by atomic mass is 10.1. The molecule has 0 heterocycles. The number of aryl methyl sites for hydroxylation is 1. The van der Waals surface area contributed by atoms with E-state index in [2.05, 4.69) is 27.3 Å². The van der Waals surface area contributed by atoms with Gasteiger partial charge in [0.1, 0.15) is 5.60 Å². The monoisotopic (exact) mass is 325 g/mol. The Labute approximate surface area is 123 Å².